The molecule has 2 unspecified atom stereocenters. The molecule has 0 saturated carbocycles. The Hall–Kier alpha value is -1.66. The summed E-state index contributed by atoms with van der Waals surface area (Å²) in [7, 11) is 0. The number of rotatable bonds is 12. The van der Waals surface area contributed by atoms with Crippen molar-refractivity contribution in [2.75, 3.05) is 39.5 Å². The van der Waals surface area contributed by atoms with Crippen LogP contribution in [0.25, 0.3) is 0 Å². The number of carbonyl (C=O) groups excluding carboxylic acids is 2. The van der Waals surface area contributed by atoms with Crippen LogP contribution >= 0.6 is 0 Å². The van der Waals surface area contributed by atoms with Crippen LogP contribution < -0.4 is 0 Å². The van der Waals surface area contributed by atoms with Gasteiger partial charge in [0.15, 0.2) is 0 Å². The van der Waals surface area contributed by atoms with Crippen molar-refractivity contribution < 1.29 is 19.1 Å². The fourth-order valence-electron chi connectivity index (χ4n) is 2.74. The zero-order valence-electron chi connectivity index (χ0n) is 14.9. The summed E-state index contributed by atoms with van der Waals surface area (Å²) in [4.78, 5) is 29.0. The Morgan fingerprint density at radius 1 is 0.958 bits per heavy atom. The molecule has 1 fully saturated rings. The molecule has 1 rings (SSSR count). The summed E-state index contributed by atoms with van der Waals surface area (Å²) < 4.78 is 11.0. The molecule has 1 aliphatic heterocycles. The topological polar surface area (TPSA) is 59.1 Å². The zero-order chi connectivity index (χ0) is 17.9. The van der Waals surface area contributed by atoms with Crippen LogP contribution in [-0.2, 0) is 19.1 Å². The van der Waals surface area contributed by atoms with Crippen LogP contribution in [0.15, 0.2) is 25.3 Å². The fourth-order valence-corrected chi connectivity index (χ4v) is 2.74. The molecule has 0 N–H and O–H groups in total. The number of nitrogens with zero attached hydrogens (tertiary/aromatic N) is 2. The maximum absolute atomic E-state index is 12.9. The van der Waals surface area contributed by atoms with Crippen molar-refractivity contribution in [3.63, 3.8) is 0 Å². The SMILES string of the molecule is C=CCOCC1C(=O)N(CC=C)C(COCCC)C(=O)N1CCC. The molecule has 0 aromatic carbocycles. The average Bonchev–Trinajstić information content (AvgIpc) is 2.57. The molecule has 136 valence electrons. The number of hydrogen-bond donors (Lipinski definition) is 0. The Bertz CT molecular complexity index is 439. The first-order valence-electron chi connectivity index (χ1n) is 8.60. The molecule has 0 aromatic heterocycles. The van der Waals surface area contributed by atoms with Crippen LogP contribution in [0.5, 0.6) is 0 Å². The summed E-state index contributed by atoms with van der Waals surface area (Å²) in [6, 6.07) is -1.19. The number of hydrogen-bond acceptors (Lipinski definition) is 4. The first-order valence-corrected chi connectivity index (χ1v) is 8.60. The van der Waals surface area contributed by atoms with Crippen LogP contribution in [-0.4, -0.2) is 73.2 Å². The molecular formula is C18H30N2O4. The highest BCUT2D eigenvalue weighted by molar-refractivity contribution is 5.97. The van der Waals surface area contributed by atoms with Gasteiger partial charge in [-0.3, -0.25) is 9.59 Å². The highest BCUT2D eigenvalue weighted by Gasteiger charge is 2.45. The van der Waals surface area contributed by atoms with E-state index >= 15 is 0 Å². The minimum atomic E-state index is -0.597. The second kappa shape index (κ2) is 11.0. The van der Waals surface area contributed by atoms with Gasteiger partial charge in [0.05, 0.1) is 19.8 Å². The monoisotopic (exact) mass is 338 g/mol. The second-order valence-corrected chi connectivity index (χ2v) is 5.74. The number of piperazine rings is 1. The van der Waals surface area contributed by atoms with Crippen LogP contribution in [0, 0.1) is 0 Å². The van der Waals surface area contributed by atoms with Crippen LogP contribution in [0.1, 0.15) is 26.7 Å². The maximum atomic E-state index is 12.9. The molecule has 0 radical (unpaired) electrons. The predicted octanol–water partition coefficient (Wildman–Crippen LogP) is 1.62. The lowest BCUT2D eigenvalue weighted by molar-refractivity contribution is -0.166. The molecule has 24 heavy (non-hydrogen) atoms. The van der Waals surface area contributed by atoms with E-state index in [0.717, 1.165) is 12.8 Å². The molecule has 6 nitrogen and oxygen atoms in total. The van der Waals surface area contributed by atoms with Gasteiger partial charge in [0, 0.05) is 19.7 Å². The van der Waals surface area contributed by atoms with Gasteiger partial charge in [0.2, 0.25) is 11.8 Å². The molecule has 1 saturated heterocycles. The van der Waals surface area contributed by atoms with Crippen molar-refractivity contribution >= 4 is 11.8 Å². The second-order valence-electron chi connectivity index (χ2n) is 5.74. The summed E-state index contributed by atoms with van der Waals surface area (Å²) in [5.41, 5.74) is 0. The van der Waals surface area contributed by atoms with Gasteiger partial charge in [-0.15, -0.1) is 13.2 Å². The zero-order valence-corrected chi connectivity index (χ0v) is 14.9. The Balaban J connectivity index is 2.97. The summed E-state index contributed by atoms with van der Waals surface area (Å²) in [6.07, 6.45) is 4.91. The first kappa shape index (κ1) is 20.4. The van der Waals surface area contributed by atoms with Gasteiger partial charge >= 0.3 is 0 Å². The molecule has 1 heterocycles. The van der Waals surface area contributed by atoms with E-state index in [1.165, 1.54) is 0 Å². The molecule has 6 heteroatoms. The van der Waals surface area contributed by atoms with E-state index in [1.807, 2.05) is 13.8 Å². The van der Waals surface area contributed by atoms with Gasteiger partial charge in [-0.1, -0.05) is 26.0 Å². The fraction of sp³-hybridized carbons (Fsp3) is 0.667. The maximum Gasteiger partial charge on any atom is 0.248 e. The Kier molecular flexibility index (Phi) is 9.34. The van der Waals surface area contributed by atoms with Crippen LogP contribution in [0.2, 0.25) is 0 Å². The van der Waals surface area contributed by atoms with Crippen molar-refractivity contribution in [2.24, 2.45) is 0 Å². The summed E-state index contributed by atoms with van der Waals surface area (Å²) in [5.74, 6) is -0.196. The summed E-state index contributed by atoms with van der Waals surface area (Å²) in [5, 5.41) is 0. The lowest BCUT2D eigenvalue weighted by Crippen LogP contribution is -2.67. The normalized spacial score (nSPS) is 21.2. The molecule has 0 aromatic rings. The smallest absolute Gasteiger partial charge is 0.248 e. The van der Waals surface area contributed by atoms with Gasteiger partial charge in [0.25, 0.3) is 0 Å². The van der Waals surface area contributed by atoms with E-state index in [9.17, 15) is 9.59 Å². The largest absolute Gasteiger partial charge is 0.379 e. The van der Waals surface area contributed by atoms with E-state index in [4.69, 9.17) is 9.47 Å². The number of carbonyl (C=O) groups is 2. The third-order valence-corrected chi connectivity index (χ3v) is 3.81. The minimum Gasteiger partial charge on any atom is -0.379 e. The van der Waals surface area contributed by atoms with E-state index in [2.05, 4.69) is 13.2 Å². The molecule has 0 spiro atoms. The molecule has 2 atom stereocenters. The molecule has 0 bridgehead atoms. The van der Waals surface area contributed by atoms with E-state index < -0.39 is 12.1 Å². The van der Waals surface area contributed by atoms with Crippen LogP contribution in [0.4, 0.5) is 0 Å². The van der Waals surface area contributed by atoms with E-state index in [-0.39, 0.29) is 25.0 Å². The van der Waals surface area contributed by atoms with Gasteiger partial charge in [0.1, 0.15) is 12.1 Å². The molecule has 1 aliphatic rings. The average molecular weight is 338 g/mol. The van der Waals surface area contributed by atoms with Crippen molar-refractivity contribution in [3.05, 3.63) is 25.3 Å². The van der Waals surface area contributed by atoms with Gasteiger partial charge < -0.3 is 19.3 Å². The summed E-state index contributed by atoms with van der Waals surface area (Å²) in [6.45, 7) is 13.4. The van der Waals surface area contributed by atoms with Gasteiger partial charge in [-0.25, -0.2) is 0 Å². The molecule has 0 aliphatic carbocycles. The molecule has 2 amide bonds. The van der Waals surface area contributed by atoms with Crippen molar-refractivity contribution in [1.29, 1.82) is 0 Å². The number of amides is 2. The highest BCUT2D eigenvalue weighted by atomic mass is 16.5. The van der Waals surface area contributed by atoms with Gasteiger partial charge in [-0.2, -0.15) is 0 Å². The quantitative estimate of drug-likeness (QED) is 0.401. The van der Waals surface area contributed by atoms with E-state index in [0.29, 0.717) is 26.3 Å². The lowest BCUT2D eigenvalue weighted by atomic mass is 10.0. The van der Waals surface area contributed by atoms with Crippen molar-refractivity contribution in [3.8, 4) is 0 Å². The minimum absolute atomic E-state index is 0.0818. The third kappa shape index (κ3) is 5.18. The highest BCUT2D eigenvalue weighted by Crippen LogP contribution is 2.20. The standard InChI is InChI=1S/C18H30N2O4/c1-5-9-19-15(13-23-11-7-3)18(22)20(10-6-2)16(17(19)21)14-24-12-8-4/h5,8,15-16H,1,4,6-7,9-14H2,2-3H3. The lowest BCUT2D eigenvalue weighted by Gasteiger charge is -2.44. The van der Waals surface area contributed by atoms with E-state index in [1.54, 1.807) is 22.0 Å². The van der Waals surface area contributed by atoms with Crippen molar-refractivity contribution in [1.82, 2.24) is 9.80 Å². The first-order chi connectivity index (χ1) is 11.6. The molecular weight excluding hydrogens is 308 g/mol. The van der Waals surface area contributed by atoms with Gasteiger partial charge in [-0.05, 0) is 12.8 Å². The van der Waals surface area contributed by atoms with Crippen molar-refractivity contribution in [2.45, 2.75) is 38.8 Å². The Morgan fingerprint density at radius 2 is 1.58 bits per heavy atom. The third-order valence-electron chi connectivity index (χ3n) is 3.81. The Labute approximate surface area is 145 Å². The number of ether oxygens (including phenoxy) is 2. The summed E-state index contributed by atoms with van der Waals surface area (Å²) >= 11 is 0. The Morgan fingerprint density at radius 3 is 2.17 bits per heavy atom. The predicted molar refractivity (Wildman–Crippen MR) is 93.6 cm³/mol. The van der Waals surface area contributed by atoms with Crippen LogP contribution in [0.3, 0.4) is 0 Å².